The van der Waals surface area contributed by atoms with Gasteiger partial charge in [0, 0.05) is 45.2 Å². The molecule has 11 heteroatoms. The van der Waals surface area contributed by atoms with E-state index in [1.165, 1.54) is 35.2 Å². The van der Waals surface area contributed by atoms with E-state index in [4.69, 9.17) is 0 Å². The van der Waals surface area contributed by atoms with Crippen molar-refractivity contribution in [2.75, 3.05) is 31.1 Å². The summed E-state index contributed by atoms with van der Waals surface area (Å²) in [5.41, 5.74) is 1.73. The van der Waals surface area contributed by atoms with Crippen LogP contribution < -0.4 is 15.2 Å². The second-order valence-corrected chi connectivity index (χ2v) is 8.60. The first-order valence-electron chi connectivity index (χ1n) is 11.4. The van der Waals surface area contributed by atoms with Crippen LogP contribution in [0.4, 0.5) is 18.9 Å². The normalized spacial score (nSPS) is 14.2. The minimum absolute atomic E-state index is 0.0393. The van der Waals surface area contributed by atoms with E-state index >= 15 is 0 Å². The number of anilines is 1. The van der Waals surface area contributed by atoms with E-state index in [-0.39, 0.29) is 36.0 Å². The Morgan fingerprint density at radius 1 is 1.03 bits per heavy atom. The molecule has 190 valence electrons. The second kappa shape index (κ2) is 10.4. The highest BCUT2D eigenvalue weighted by Crippen LogP contribution is 2.23. The molecule has 0 spiro atoms. The fourth-order valence-corrected chi connectivity index (χ4v) is 4.15. The van der Waals surface area contributed by atoms with Gasteiger partial charge >= 0.3 is 6.36 Å². The molecule has 0 saturated carbocycles. The van der Waals surface area contributed by atoms with Crippen molar-refractivity contribution in [2.24, 2.45) is 0 Å². The Kier molecular flexibility index (Phi) is 7.27. The molecule has 1 aromatic heterocycles. The summed E-state index contributed by atoms with van der Waals surface area (Å²) in [5, 5.41) is 0.400. The van der Waals surface area contributed by atoms with Crippen LogP contribution in [-0.2, 0) is 22.6 Å². The third-order valence-corrected chi connectivity index (χ3v) is 6.09. The molecule has 0 atom stereocenters. The lowest BCUT2D eigenvalue weighted by Crippen LogP contribution is -2.48. The molecule has 8 nitrogen and oxygen atoms in total. The van der Waals surface area contributed by atoms with Gasteiger partial charge in [-0.05, 0) is 42.3 Å². The van der Waals surface area contributed by atoms with Gasteiger partial charge in [0.05, 0.1) is 23.8 Å². The number of hydrogen-bond donors (Lipinski definition) is 0. The van der Waals surface area contributed by atoms with Crippen molar-refractivity contribution in [3.05, 3.63) is 64.7 Å². The van der Waals surface area contributed by atoms with Crippen molar-refractivity contribution < 1.29 is 27.5 Å². The number of ether oxygens (including phenoxy) is 1. The Morgan fingerprint density at radius 3 is 2.36 bits per heavy atom. The first-order chi connectivity index (χ1) is 17.1. The number of fused-ring (bicyclic) bond motifs is 1. The molecule has 0 aliphatic carbocycles. The molecule has 0 radical (unpaired) electrons. The lowest BCUT2D eigenvalue weighted by atomic mass is 10.1. The monoisotopic (exact) mass is 502 g/mol. The number of hydrogen-bond acceptors (Lipinski definition) is 6. The Morgan fingerprint density at radius 2 is 1.72 bits per heavy atom. The summed E-state index contributed by atoms with van der Waals surface area (Å²) >= 11 is 0. The van der Waals surface area contributed by atoms with Gasteiger partial charge in [0.15, 0.2) is 5.78 Å². The smallest absolute Gasteiger partial charge is 0.406 e. The van der Waals surface area contributed by atoms with Crippen LogP contribution >= 0.6 is 0 Å². The summed E-state index contributed by atoms with van der Waals surface area (Å²) < 4.78 is 41.9. The number of carbonyl (C=O) groups excluding carboxylic acids is 2. The van der Waals surface area contributed by atoms with Crippen LogP contribution in [0.3, 0.4) is 0 Å². The molecule has 2 aromatic carbocycles. The van der Waals surface area contributed by atoms with Gasteiger partial charge in [-0.1, -0.05) is 12.1 Å². The summed E-state index contributed by atoms with van der Waals surface area (Å²) in [4.78, 5) is 45.3. The third kappa shape index (κ3) is 6.21. The number of aryl methyl sites for hydroxylation is 1. The van der Waals surface area contributed by atoms with Crippen molar-refractivity contribution >= 4 is 28.3 Å². The van der Waals surface area contributed by atoms with Crippen LogP contribution in [0.5, 0.6) is 5.75 Å². The zero-order valence-electron chi connectivity index (χ0n) is 19.6. The van der Waals surface area contributed by atoms with Crippen molar-refractivity contribution in [3.63, 3.8) is 0 Å². The number of halogens is 3. The maximum atomic E-state index is 13.1. The molecule has 1 aliphatic heterocycles. The minimum Gasteiger partial charge on any atom is -0.406 e. The van der Waals surface area contributed by atoms with E-state index < -0.39 is 6.36 Å². The zero-order valence-corrected chi connectivity index (χ0v) is 19.6. The Hall–Kier alpha value is -3.89. The van der Waals surface area contributed by atoms with Gasteiger partial charge in [0.1, 0.15) is 5.75 Å². The maximum absolute atomic E-state index is 13.1. The molecule has 0 bridgehead atoms. The Balaban J connectivity index is 1.40. The summed E-state index contributed by atoms with van der Waals surface area (Å²) in [6.45, 7) is 3.92. The number of rotatable bonds is 7. The molecule has 1 saturated heterocycles. The summed E-state index contributed by atoms with van der Waals surface area (Å²) in [6, 6.07) is 10.7. The van der Waals surface area contributed by atoms with E-state index in [9.17, 15) is 27.6 Å². The van der Waals surface area contributed by atoms with Gasteiger partial charge in [-0.3, -0.25) is 19.0 Å². The second-order valence-electron chi connectivity index (χ2n) is 8.60. The minimum atomic E-state index is -4.76. The maximum Gasteiger partial charge on any atom is 0.573 e. The SMILES string of the molecule is CC(=O)N1CCN(c2ccc3ncn(CC(=O)CCc4ccc(OC(F)(F)F)cc4)c(=O)c3c2)CC1. The van der Waals surface area contributed by atoms with E-state index in [0.717, 1.165) is 5.69 Å². The van der Waals surface area contributed by atoms with Crippen LogP contribution in [0.25, 0.3) is 10.9 Å². The van der Waals surface area contributed by atoms with Crippen LogP contribution in [-0.4, -0.2) is 58.7 Å². The lowest BCUT2D eigenvalue weighted by Gasteiger charge is -2.35. The van der Waals surface area contributed by atoms with Gasteiger partial charge in [-0.15, -0.1) is 13.2 Å². The number of alkyl halides is 3. The summed E-state index contributed by atoms with van der Waals surface area (Å²) in [5.74, 6) is -0.491. The van der Waals surface area contributed by atoms with E-state index in [0.29, 0.717) is 49.1 Å². The van der Waals surface area contributed by atoms with E-state index in [1.54, 1.807) is 24.0 Å². The molecular weight excluding hydrogens is 477 g/mol. The van der Waals surface area contributed by atoms with Crippen LogP contribution in [0, 0.1) is 0 Å². The number of benzene rings is 2. The topological polar surface area (TPSA) is 84.7 Å². The zero-order chi connectivity index (χ0) is 25.9. The van der Waals surface area contributed by atoms with Gasteiger partial charge in [-0.25, -0.2) is 4.98 Å². The Labute approximate surface area is 204 Å². The third-order valence-electron chi connectivity index (χ3n) is 6.09. The van der Waals surface area contributed by atoms with Crippen molar-refractivity contribution in [1.82, 2.24) is 14.5 Å². The van der Waals surface area contributed by atoms with Crippen LogP contribution in [0.2, 0.25) is 0 Å². The van der Waals surface area contributed by atoms with Gasteiger partial charge < -0.3 is 14.5 Å². The first-order valence-corrected chi connectivity index (χ1v) is 11.4. The number of piperazine rings is 1. The average Bonchev–Trinajstić information content (AvgIpc) is 2.84. The predicted octanol–water partition coefficient (Wildman–Crippen LogP) is 3.17. The van der Waals surface area contributed by atoms with Crippen LogP contribution in [0.15, 0.2) is 53.6 Å². The molecule has 3 aromatic rings. The molecule has 1 amide bonds. The molecule has 1 aliphatic rings. The average molecular weight is 502 g/mol. The molecule has 2 heterocycles. The highest BCUT2D eigenvalue weighted by molar-refractivity contribution is 5.83. The fourth-order valence-electron chi connectivity index (χ4n) is 4.15. The highest BCUT2D eigenvalue weighted by Gasteiger charge is 2.31. The van der Waals surface area contributed by atoms with Crippen molar-refractivity contribution in [2.45, 2.75) is 32.7 Å². The van der Waals surface area contributed by atoms with Gasteiger partial charge in [0.25, 0.3) is 5.56 Å². The fraction of sp³-hybridized carbons (Fsp3) is 0.360. The summed E-state index contributed by atoms with van der Waals surface area (Å²) in [6.07, 6.45) is -2.98. The number of Topliss-reactive ketones (excluding diaryl/α,β-unsaturated/α-hetero) is 1. The largest absolute Gasteiger partial charge is 0.573 e. The predicted molar refractivity (Wildman–Crippen MR) is 127 cm³/mol. The van der Waals surface area contributed by atoms with Crippen molar-refractivity contribution in [3.8, 4) is 5.75 Å². The molecule has 0 N–H and O–H groups in total. The quantitative estimate of drug-likeness (QED) is 0.494. The number of carbonyl (C=O) groups is 2. The highest BCUT2D eigenvalue weighted by atomic mass is 19.4. The molecular formula is C25H25F3N4O4. The standard InChI is InChI=1S/C25H25F3N4O4/c1-17(33)30-10-12-31(13-11-30)19-5-9-23-22(14-19)24(35)32(16-29-23)15-20(34)6-2-18-3-7-21(8-4-18)36-25(26,27)28/h3-5,7-9,14,16H,2,6,10-13,15H2,1H3. The summed E-state index contributed by atoms with van der Waals surface area (Å²) in [7, 11) is 0. The molecule has 0 unspecified atom stereocenters. The number of aromatic nitrogens is 2. The molecule has 1 fully saturated rings. The van der Waals surface area contributed by atoms with Crippen molar-refractivity contribution in [1.29, 1.82) is 0 Å². The van der Waals surface area contributed by atoms with Crippen LogP contribution in [0.1, 0.15) is 18.9 Å². The lowest BCUT2D eigenvalue weighted by molar-refractivity contribution is -0.274. The van der Waals surface area contributed by atoms with Gasteiger partial charge in [-0.2, -0.15) is 0 Å². The number of amides is 1. The number of nitrogens with zero attached hydrogens (tertiary/aromatic N) is 4. The number of ketones is 1. The van der Waals surface area contributed by atoms with E-state index in [2.05, 4.69) is 14.6 Å². The van der Waals surface area contributed by atoms with E-state index in [1.807, 2.05) is 6.07 Å². The Bertz CT molecular complexity index is 1310. The first kappa shape index (κ1) is 25.2. The molecule has 36 heavy (non-hydrogen) atoms. The van der Waals surface area contributed by atoms with Gasteiger partial charge in [0.2, 0.25) is 5.91 Å². The molecule has 4 rings (SSSR count).